The van der Waals surface area contributed by atoms with Crippen LogP contribution in [0.2, 0.25) is 10.0 Å². The van der Waals surface area contributed by atoms with Crippen molar-refractivity contribution in [3.8, 4) is 0 Å². The Bertz CT molecular complexity index is 287. The van der Waals surface area contributed by atoms with Crippen LogP contribution in [0.5, 0.6) is 0 Å². The predicted octanol–water partition coefficient (Wildman–Crippen LogP) is 2.64. The normalized spacial score (nSPS) is 12.9. The van der Waals surface area contributed by atoms with E-state index in [4.69, 9.17) is 33.7 Å². The Morgan fingerprint density at radius 2 is 2.15 bits per heavy atom. The number of rotatable bonds is 3. The number of halogens is 2. The molecule has 0 aliphatic heterocycles. The average molecular weight is 220 g/mol. The molecule has 0 aliphatic carbocycles. The zero-order valence-electron chi connectivity index (χ0n) is 7.26. The maximum absolute atomic E-state index is 5.96. The molecule has 4 heteroatoms. The molecule has 1 unspecified atom stereocenters. The van der Waals surface area contributed by atoms with Crippen LogP contribution in [0.25, 0.3) is 0 Å². The first-order chi connectivity index (χ1) is 6.19. The molecule has 2 N–H and O–H groups in total. The third kappa shape index (κ3) is 2.58. The quantitative estimate of drug-likeness (QED) is 0.849. The Morgan fingerprint density at radius 3 is 2.62 bits per heavy atom. The van der Waals surface area contributed by atoms with Crippen LogP contribution in [0, 0.1) is 0 Å². The van der Waals surface area contributed by atoms with Crippen molar-refractivity contribution < 1.29 is 4.74 Å². The van der Waals surface area contributed by atoms with Gasteiger partial charge in [0.1, 0.15) is 0 Å². The molecule has 2 nitrogen and oxygen atoms in total. The van der Waals surface area contributed by atoms with Crippen LogP contribution in [0.1, 0.15) is 11.7 Å². The van der Waals surface area contributed by atoms with Gasteiger partial charge in [-0.25, -0.2) is 0 Å². The lowest BCUT2D eigenvalue weighted by Crippen LogP contribution is -2.14. The predicted molar refractivity (Wildman–Crippen MR) is 55.3 cm³/mol. The fourth-order valence-corrected chi connectivity index (χ4v) is 1.64. The van der Waals surface area contributed by atoms with E-state index in [2.05, 4.69) is 0 Å². The summed E-state index contributed by atoms with van der Waals surface area (Å²) in [5.41, 5.74) is 6.38. The highest BCUT2D eigenvalue weighted by atomic mass is 35.5. The van der Waals surface area contributed by atoms with Crippen LogP contribution in [0.3, 0.4) is 0 Å². The molecule has 13 heavy (non-hydrogen) atoms. The van der Waals surface area contributed by atoms with E-state index >= 15 is 0 Å². The van der Waals surface area contributed by atoms with Gasteiger partial charge in [-0.1, -0.05) is 29.3 Å². The summed E-state index contributed by atoms with van der Waals surface area (Å²) in [6.07, 6.45) is -0.162. The lowest BCUT2D eigenvalue weighted by atomic mass is 10.1. The highest BCUT2D eigenvalue weighted by molar-refractivity contribution is 6.35. The number of ether oxygens (including phenoxy) is 1. The van der Waals surface area contributed by atoms with Gasteiger partial charge in [0.2, 0.25) is 0 Å². The van der Waals surface area contributed by atoms with Gasteiger partial charge in [0.15, 0.2) is 0 Å². The molecule has 0 heterocycles. The van der Waals surface area contributed by atoms with Crippen LogP contribution in [-0.2, 0) is 4.74 Å². The third-order valence-electron chi connectivity index (χ3n) is 1.81. The molecule has 1 aromatic rings. The Kier molecular flexibility index (Phi) is 4.00. The molecule has 1 aromatic carbocycles. The smallest absolute Gasteiger partial charge is 0.0957 e. The lowest BCUT2D eigenvalue weighted by molar-refractivity contribution is 0.110. The zero-order valence-corrected chi connectivity index (χ0v) is 8.77. The van der Waals surface area contributed by atoms with Crippen molar-refractivity contribution in [1.82, 2.24) is 0 Å². The van der Waals surface area contributed by atoms with Crippen LogP contribution >= 0.6 is 23.2 Å². The first-order valence-corrected chi connectivity index (χ1v) is 4.62. The fraction of sp³-hybridized carbons (Fsp3) is 0.333. The van der Waals surface area contributed by atoms with Crippen molar-refractivity contribution in [2.24, 2.45) is 5.73 Å². The number of hydrogen-bond acceptors (Lipinski definition) is 2. The second-order valence-corrected chi connectivity index (χ2v) is 3.47. The molecule has 1 atom stereocenters. The monoisotopic (exact) mass is 219 g/mol. The van der Waals surface area contributed by atoms with Gasteiger partial charge in [-0.3, -0.25) is 0 Å². The third-order valence-corrected chi connectivity index (χ3v) is 2.37. The second-order valence-electron chi connectivity index (χ2n) is 2.63. The van der Waals surface area contributed by atoms with Crippen molar-refractivity contribution >= 4 is 23.2 Å². The van der Waals surface area contributed by atoms with Gasteiger partial charge < -0.3 is 10.5 Å². The summed E-state index contributed by atoms with van der Waals surface area (Å²) in [5, 5.41) is 1.20. The van der Waals surface area contributed by atoms with E-state index in [0.717, 1.165) is 5.56 Å². The molecular weight excluding hydrogens is 209 g/mol. The minimum absolute atomic E-state index is 0.162. The summed E-state index contributed by atoms with van der Waals surface area (Å²) in [5.74, 6) is 0. The van der Waals surface area contributed by atoms with Crippen molar-refractivity contribution in [2.45, 2.75) is 6.10 Å². The molecule has 0 amide bonds. The molecule has 0 radical (unpaired) electrons. The van der Waals surface area contributed by atoms with Crippen molar-refractivity contribution in [3.63, 3.8) is 0 Å². The molecular formula is C9H11Cl2NO. The van der Waals surface area contributed by atoms with Crippen LogP contribution in [0.15, 0.2) is 18.2 Å². The molecule has 0 saturated heterocycles. The topological polar surface area (TPSA) is 35.2 Å². The maximum atomic E-state index is 5.96. The first-order valence-electron chi connectivity index (χ1n) is 3.87. The summed E-state index contributed by atoms with van der Waals surface area (Å²) < 4.78 is 5.15. The van der Waals surface area contributed by atoms with Crippen molar-refractivity contribution in [1.29, 1.82) is 0 Å². The van der Waals surface area contributed by atoms with E-state index in [0.29, 0.717) is 16.6 Å². The molecule has 72 valence electrons. The maximum Gasteiger partial charge on any atom is 0.0957 e. The number of hydrogen-bond donors (Lipinski definition) is 1. The SMILES string of the molecule is COC(CN)c1ccc(Cl)cc1Cl. The Hall–Kier alpha value is -0.280. The fourth-order valence-electron chi connectivity index (χ4n) is 1.11. The zero-order chi connectivity index (χ0) is 9.84. The van der Waals surface area contributed by atoms with Gasteiger partial charge in [0, 0.05) is 29.3 Å². The van der Waals surface area contributed by atoms with Gasteiger partial charge in [-0.05, 0) is 12.1 Å². The first kappa shape index (κ1) is 10.8. The van der Waals surface area contributed by atoms with Gasteiger partial charge in [-0.15, -0.1) is 0 Å². The van der Waals surface area contributed by atoms with Gasteiger partial charge in [-0.2, -0.15) is 0 Å². The largest absolute Gasteiger partial charge is 0.375 e. The Morgan fingerprint density at radius 1 is 1.46 bits per heavy atom. The molecule has 0 aromatic heterocycles. The summed E-state index contributed by atoms with van der Waals surface area (Å²) in [4.78, 5) is 0. The summed E-state index contributed by atoms with van der Waals surface area (Å²) >= 11 is 11.7. The Balaban J connectivity index is 2.99. The summed E-state index contributed by atoms with van der Waals surface area (Å²) in [7, 11) is 1.60. The molecule has 0 aliphatic rings. The molecule has 0 fully saturated rings. The number of nitrogens with two attached hydrogens (primary N) is 1. The van der Waals surface area contributed by atoms with Crippen LogP contribution < -0.4 is 5.73 Å². The van der Waals surface area contributed by atoms with E-state index in [1.807, 2.05) is 6.07 Å². The molecule has 0 saturated carbocycles. The van der Waals surface area contributed by atoms with Crippen molar-refractivity contribution in [2.75, 3.05) is 13.7 Å². The molecule has 0 bridgehead atoms. The lowest BCUT2D eigenvalue weighted by Gasteiger charge is -2.14. The minimum Gasteiger partial charge on any atom is -0.375 e. The number of benzene rings is 1. The van der Waals surface area contributed by atoms with E-state index in [1.54, 1.807) is 19.2 Å². The average Bonchev–Trinajstić information content (AvgIpc) is 2.10. The van der Waals surface area contributed by atoms with Crippen LogP contribution in [-0.4, -0.2) is 13.7 Å². The van der Waals surface area contributed by atoms with Crippen LogP contribution in [0.4, 0.5) is 0 Å². The minimum atomic E-state index is -0.162. The van der Waals surface area contributed by atoms with Gasteiger partial charge >= 0.3 is 0 Å². The van der Waals surface area contributed by atoms with E-state index in [-0.39, 0.29) is 6.10 Å². The highest BCUT2D eigenvalue weighted by Gasteiger charge is 2.11. The number of methoxy groups -OCH3 is 1. The van der Waals surface area contributed by atoms with E-state index in [1.165, 1.54) is 0 Å². The molecule has 1 rings (SSSR count). The second kappa shape index (κ2) is 4.82. The van der Waals surface area contributed by atoms with Gasteiger partial charge in [0.25, 0.3) is 0 Å². The highest BCUT2D eigenvalue weighted by Crippen LogP contribution is 2.27. The van der Waals surface area contributed by atoms with Crippen molar-refractivity contribution in [3.05, 3.63) is 33.8 Å². The Labute approximate surface area is 87.6 Å². The van der Waals surface area contributed by atoms with Gasteiger partial charge in [0.05, 0.1) is 6.10 Å². The summed E-state index contributed by atoms with van der Waals surface area (Å²) in [6, 6.07) is 5.27. The summed E-state index contributed by atoms with van der Waals surface area (Å²) in [6.45, 7) is 0.401. The van der Waals surface area contributed by atoms with E-state index < -0.39 is 0 Å². The molecule has 0 spiro atoms. The van der Waals surface area contributed by atoms with E-state index in [9.17, 15) is 0 Å². The standard InChI is InChI=1S/C9H11Cl2NO/c1-13-9(5-12)7-3-2-6(10)4-8(7)11/h2-4,9H,5,12H2,1H3.